The molecule has 0 spiro atoms. The van der Waals surface area contributed by atoms with Gasteiger partial charge in [0.1, 0.15) is 0 Å². The molecule has 0 saturated carbocycles. The molecule has 0 atom stereocenters. The van der Waals surface area contributed by atoms with E-state index >= 15 is 0 Å². The Labute approximate surface area is 56.2 Å². The van der Waals surface area contributed by atoms with Gasteiger partial charge in [-0.2, -0.15) is 0 Å². The fraction of sp³-hybridized carbons (Fsp3) is 0. The third-order valence-electron chi connectivity index (χ3n) is 0. The Balaban J connectivity index is -0.00000000500. The predicted molar refractivity (Wildman–Crippen MR) is 0.686 cm³/mol. The third-order valence-corrected chi connectivity index (χ3v) is 0. The first-order chi connectivity index (χ1) is 1.00. The van der Waals surface area contributed by atoms with Crippen LogP contribution in [-0.2, 0) is 56.4 Å². The van der Waals surface area contributed by atoms with Crippen molar-refractivity contribution < 1.29 is 56.4 Å². The van der Waals surface area contributed by atoms with Crippen molar-refractivity contribution in [2.24, 2.45) is 0 Å². The zero-order valence-corrected chi connectivity index (χ0v) is 5.50. The zero-order valence-electron chi connectivity index (χ0n) is 1.47. The molecule has 31 valence electrons. The third kappa shape index (κ3) is 9.75. The molecule has 0 saturated heterocycles. The van der Waals surface area contributed by atoms with Crippen molar-refractivity contribution in [2.45, 2.75) is 0 Å². The van der Waals surface area contributed by atoms with Crippen LogP contribution in [0.1, 0.15) is 0 Å². The summed E-state index contributed by atoms with van der Waals surface area (Å²) in [5.41, 5.74) is 0. The zero-order chi connectivity index (χ0) is 2.00. The maximum atomic E-state index is 8.26. The Hall–Kier alpha value is 1.49. The van der Waals surface area contributed by atoms with Crippen LogP contribution < -0.4 is 0 Å². The van der Waals surface area contributed by atoms with E-state index in [-0.39, 0.29) is 33.3 Å². The van der Waals surface area contributed by atoms with E-state index in [4.69, 9.17) is 3.40 Å². The fourth-order valence-electron chi connectivity index (χ4n) is 0. The molecule has 0 unspecified atom stereocenters. The molecule has 0 aliphatic carbocycles. The van der Waals surface area contributed by atoms with Crippen LogP contribution in [-0.4, -0.2) is 0 Å². The molecule has 4 heteroatoms. The van der Waals surface area contributed by atoms with Crippen molar-refractivity contribution in [3.05, 3.63) is 0 Å². The summed E-state index contributed by atoms with van der Waals surface area (Å²) in [5.74, 6) is 0. The van der Waals surface area contributed by atoms with Crippen molar-refractivity contribution in [2.75, 3.05) is 0 Å². The molecule has 4 heavy (non-hydrogen) atoms. The second kappa shape index (κ2) is 24.7. The Morgan fingerprint density at radius 2 is 1.25 bits per heavy atom. The van der Waals surface area contributed by atoms with Crippen molar-refractivity contribution in [1.29, 1.82) is 0 Å². The molecular formula is CoMoNiO. The summed E-state index contributed by atoms with van der Waals surface area (Å²) in [6, 6.07) is 0. The first kappa shape index (κ1) is 17.9. The summed E-state index contributed by atoms with van der Waals surface area (Å²) in [4.78, 5) is 0. The monoisotopic (exact) mass is 231 g/mol. The van der Waals surface area contributed by atoms with E-state index in [9.17, 15) is 0 Å². The summed E-state index contributed by atoms with van der Waals surface area (Å²) >= 11 is 0.700. The van der Waals surface area contributed by atoms with Gasteiger partial charge in [-0.1, -0.05) is 0 Å². The van der Waals surface area contributed by atoms with Crippen molar-refractivity contribution >= 4 is 0 Å². The summed E-state index contributed by atoms with van der Waals surface area (Å²) in [6.45, 7) is 0. The van der Waals surface area contributed by atoms with Crippen LogP contribution >= 0.6 is 0 Å². The molecule has 1 radical (unpaired) electrons. The molecule has 0 amide bonds. The molecule has 0 N–H and O–H groups in total. The van der Waals surface area contributed by atoms with Gasteiger partial charge in [0.05, 0.1) is 0 Å². The molecule has 0 aromatic rings. The Morgan fingerprint density at radius 3 is 1.25 bits per heavy atom. The van der Waals surface area contributed by atoms with Gasteiger partial charge in [0.2, 0.25) is 0 Å². The van der Waals surface area contributed by atoms with Gasteiger partial charge in [-0.15, -0.1) is 0 Å². The van der Waals surface area contributed by atoms with Crippen molar-refractivity contribution in [3.8, 4) is 0 Å². The average Bonchev–Trinajstić information content (AvgIpc) is 1.00. The van der Waals surface area contributed by atoms with Gasteiger partial charge in [-0.05, 0) is 0 Å². The molecule has 1 nitrogen and oxygen atoms in total. The first-order valence-electron chi connectivity index (χ1n) is 0.167. The minimum absolute atomic E-state index is 0. The summed E-state index contributed by atoms with van der Waals surface area (Å²) in [6.07, 6.45) is 0. The molecule has 0 aromatic heterocycles. The topological polar surface area (TPSA) is 17.1 Å². The van der Waals surface area contributed by atoms with Gasteiger partial charge < -0.3 is 0 Å². The van der Waals surface area contributed by atoms with Crippen LogP contribution in [0.2, 0.25) is 0 Å². The predicted octanol–water partition coefficient (Wildman–Crippen LogP) is -0.126. The molecule has 0 heterocycles. The number of hydrogen-bond donors (Lipinski definition) is 0. The number of rotatable bonds is 0. The van der Waals surface area contributed by atoms with E-state index in [2.05, 4.69) is 0 Å². The average molecular weight is 230 g/mol. The summed E-state index contributed by atoms with van der Waals surface area (Å²) < 4.78 is 8.26. The molecule has 0 rings (SSSR count). The molecule has 0 fully saturated rings. The normalized spacial score (nSPS) is 1.00. The summed E-state index contributed by atoms with van der Waals surface area (Å²) in [5, 5.41) is 0. The van der Waals surface area contributed by atoms with Gasteiger partial charge in [0, 0.05) is 33.3 Å². The number of hydrogen-bond acceptors (Lipinski definition) is 1. The quantitative estimate of drug-likeness (QED) is 0.529. The standard InChI is InChI=1S/Co.Mo.Ni.O. The van der Waals surface area contributed by atoms with Crippen LogP contribution in [0.4, 0.5) is 0 Å². The second-order valence-electron chi connectivity index (χ2n) is 0. The van der Waals surface area contributed by atoms with Crippen molar-refractivity contribution in [1.82, 2.24) is 0 Å². The fourth-order valence-corrected chi connectivity index (χ4v) is 0. The second-order valence-corrected chi connectivity index (χ2v) is 0. The van der Waals surface area contributed by atoms with Crippen LogP contribution in [0.5, 0.6) is 0 Å². The molecule has 0 bridgehead atoms. The molecular weight excluding hydrogens is 230 g/mol. The van der Waals surface area contributed by atoms with Gasteiger partial charge >= 0.3 is 23.2 Å². The van der Waals surface area contributed by atoms with Gasteiger partial charge in [-0.25, -0.2) is 0 Å². The van der Waals surface area contributed by atoms with E-state index in [1.54, 1.807) is 0 Å². The Bertz CT molecular complexity index is 8.00. The van der Waals surface area contributed by atoms with Gasteiger partial charge in [-0.3, -0.25) is 0 Å². The molecule has 0 aliphatic rings. The van der Waals surface area contributed by atoms with E-state index in [0.717, 1.165) is 0 Å². The van der Waals surface area contributed by atoms with Crippen LogP contribution in [0, 0.1) is 0 Å². The van der Waals surface area contributed by atoms with Crippen LogP contribution in [0.15, 0.2) is 0 Å². The van der Waals surface area contributed by atoms with E-state index in [0.29, 0.717) is 19.8 Å². The van der Waals surface area contributed by atoms with Gasteiger partial charge in [0.25, 0.3) is 0 Å². The Morgan fingerprint density at radius 1 is 1.25 bits per heavy atom. The molecule has 0 aliphatic heterocycles. The van der Waals surface area contributed by atoms with Crippen molar-refractivity contribution in [3.63, 3.8) is 0 Å². The van der Waals surface area contributed by atoms with E-state index < -0.39 is 0 Å². The van der Waals surface area contributed by atoms with E-state index in [1.807, 2.05) is 0 Å². The first-order valence-corrected chi connectivity index (χ1v) is 0.986. The Kier molecular flexibility index (Phi) is 110. The maximum absolute atomic E-state index is 8.26. The molecule has 0 aromatic carbocycles. The van der Waals surface area contributed by atoms with Crippen LogP contribution in [0.3, 0.4) is 0 Å². The van der Waals surface area contributed by atoms with Crippen LogP contribution in [0.25, 0.3) is 0 Å². The minimum atomic E-state index is 0. The van der Waals surface area contributed by atoms with E-state index in [1.165, 1.54) is 0 Å². The summed E-state index contributed by atoms with van der Waals surface area (Å²) in [7, 11) is 0. The van der Waals surface area contributed by atoms with Gasteiger partial charge in [0.15, 0.2) is 0 Å². The SMILES string of the molecule is [Co].[Ni].[O]=[Mo].